The first kappa shape index (κ1) is 31.4. The Morgan fingerprint density at radius 3 is 2.48 bits per heavy atom. The summed E-state index contributed by atoms with van der Waals surface area (Å²) in [7, 11) is -4.23. The maximum Gasteiger partial charge on any atom is 0.341 e. The van der Waals surface area contributed by atoms with Crippen molar-refractivity contribution in [3.05, 3.63) is 39.0 Å². The molecule has 2 heterocycles. The molecule has 4 rings (SSSR count). The summed E-state index contributed by atoms with van der Waals surface area (Å²) in [6.07, 6.45) is 2.32. The largest absolute Gasteiger partial charge is 0.494 e. The molecule has 1 aliphatic rings. The number of benzene rings is 1. The van der Waals surface area contributed by atoms with Crippen LogP contribution in [0.5, 0.6) is 5.75 Å². The van der Waals surface area contributed by atoms with Crippen molar-refractivity contribution >= 4 is 71.5 Å². The minimum Gasteiger partial charge on any atom is -0.494 e. The van der Waals surface area contributed by atoms with Crippen LogP contribution in [0.15, 0.2) is 23.2 Å². The molecule has 12 nitrogen and oxygen atoms in total. The van der Waals surface area contributed by atoms with Crippen LogP contribution in [-0.4, -0.2) is 68.1 Å². The van der Waals surface area contributed by atoms with Gasteiger partial charge in [0, 0.05) is 4.88 Å². The Balaban J connectivity index is 1.53. The molecule has 226 valence electrons. The van der Waals surface area contributed by atoms with Gasteiger partial charge >= 0.3 is 11.9 Å². The average molecular weight is 638 g/mol. The molecule has 0 aliphatic heterocycles. The molecular weight excluding hydrogens is 607 g/mol. The number of carbonyl (C=O) groups is 4. The number of fused-ring (bicyclic) bond motifs is 2. The highest BCUT2D eigenvalue weighted by Crippen LogP contribution is 2.39. The normalized spacial score (nSPS) is 13.2. The van der Waals surface area contributed by atoms with E-state index in [4.69, 9.17) is 14.2 Å². The molecule has 2 amide bonds. The molecule has 0 unspecified atom stereocenters. The number of amides is 2. The lowest BCUT2D eigenvalue weighted by atomic mass is 10.1. The number of anilines is 1. The van der Waals surface area contributed by atoms with E-state index < -0.39 is 45.1 Å². The van der Waals surface area contributed by atoms with Crippen molar-refractivity contribution in [2.24, 2.45) is 4.99 Å². The predicted octanol–water partition coefficient (Wildman–Crippen LogP) is 2.87. The molecule has 42 heavy (non-hydrogen) atoms. The lowest BCUT2D eigenvalue weighted by Gasteiger charge is -2.08. The van der Waals surface area contributed by atoms with Crippen LogP contribution in [0, 0.1) is 0 Å². The van der Waals surface area contributed by atoms with E-state index in [-0.39, 0.29) is 35.1 Å². The molecule has 3 aromatic rings. The number of hydrogen-bond donors (Lipinski definition) is 1. The van der Waals surface area contributed by atoms with Gasteiger partial charge < -0.3 is 24.1 Å². The van der Waals surface area contributed by atoms with Crippen molar-refractivity contribution in [3.8, 4) is 5.75 Å². The summed E-state index contributed by atoms with van der Waals surface area (Å²) in [5, 5.41) is 2.77. The number of thiazole rings is 1. The van der Waals surface area contributed by atoms with Crippen molar-refractivity contribution in [3.63, 3.8) is 0 Å². The molecule has 0 saturated heterocycles. The van der Waals surface area contributed by atoms with E-state index in [2.05, 4.69) is 10.3 Å². The third-order valence-electron chi connectivity index (χ3n) is 6.13. The quantitative estimate of drug-likeness (QED) is 0.295. The molecule has 0 saturated carbocycles. The number of hydrogen-bond acceptors (Lipinski definition) is 11. The third kappa shape index (κ3) is 7.44. The highest BCUT2D eigenvalue weighted by molar-refractivity contribution is 7.92. The first-order valence-corrected chi connectivity index (χ1v) is 16.8. The summed E-state index contributed by atoms with van der Waals surface area (Å²) in [4.78, 5) is 55.4. The van der Waals surface area contributed by atoms with Crippen molar-refractivity contribution in [1.29, 1.82) is 0 Å². The zero-order valence-electron chi connectivity index (χ0n) is 23.4. The minimum absolute atomic E-state index is 0.100. The zero-order valence-corrected chi connectivity index (χ0v) is 25.8. The fourth-order valence-electron chi connectivity index (χ4n) is 4.54. The maximum absolute atomic E-state index is 12.8. The van der Waals surface area contributed by atoms with E-state index >= 15 is 0 Å². The van der Waals surface area contributed by atoms with Gasteiger partial charge in [-0.3, -0.25) is 14.4 Å². The first-order chi connectivity index (χ1) is 20.0. The van der Waals surface area contributed by atoms with Gasteiger partial charge in [0.25, 0.3) is 5.91 Å². The number of nitrogens with zero attached hydrogens (tertiary/aromatic N) is 2. The van der Waals surface area contributed by atoms with Gasteiger partial charge in [-0.2, -0.15) is 4.99 Å². The van der Waals surface area contributed by atoms with Gasteiger partial charge in [-0.05, 0) is 63.8 Å². The molecule has 0 radical (unpaired) electrons. The Kier molecular flexibility index (Phi) is 10.2. The molecule has 15 heteroatoms. The summed E-state index contributed by atoms with van der Waals surface area (Å²) in [5.74, 6) is -4.42. The number of ether oxygens (including phenoxy) is 3. The Morgan fingerprint density at radius 1 is 1.00 bits per heavy atom. The Bertz CT molecular complexity index is 1700. The van der Waals surface area contributed by atoms with Crippen LogP contribution in [-0.2, 0) is 53.1 Å². The van der Waals surface area contributed by atoms with Gasteiger partial charge in [0.05, 0.1) is 35.6 Å². The molecule has 2 aromatic heterocycles. The fourth-order valence-corrected chi connectivity index (χ4v) is 7.92. The molecule has 0 bridgehead atoms. The number of nitrogens with one attached hydrogen (secondary N) is 1. The third-order valence-corrected chi connectivity index (χ3v) is 9.76. The van der Waals surface area contributed by atoms with Crippen LogP contribution < -0.4 is 14.9 Å². The summed E-state index contributed by atoms with van der Waals surface area (Å²) in [5.41, 5.74) is 1.67. The lowest BCUT2D eigenvalue weighted by molar-refractivity contribution is -0.143. The SMILES string of the molecule is CCOC(=O)Cn1c(=NC(=O)CS(=O)(=O)CC(=O)Nc2sc3c(c2C(=O)OCC)CCC3)sc2cc(OCC)ccc21. The highest BCUT2D eigenvalue weighted by atomic mass is 32.2. The fraction of sp³-hybridized carbons (Fsp3) is 0.444. The van der Waals surface area contributed by atoms with Crippen molar-refractivity contribution in [2.75, 3.05) is 36.6 Å². The standard InChI is InChI=1S/C27H31N3O9S3/c1-4-37-16-10-11-18-20(12-16)41-27(30(18)13-23(33)38-5-2)29-22(32)15-42(35,36)14-21(31)28-25-24(26(34)39-6-3)17-8-7-9-19(17)40-25/h10-12H,4-9,13-15H2,1-3H3,(H,28,31). The Labute approximate surface area is 250 Å². The van der Waals surface area contributed by atoms with Crippen LogP contribution in [0.4, 0.5) is 5.00 Å². The monoisotopic (exact) mass is 637 g/mol. The summed E-state index contributed by atoms with van der Waals surface area (Å²) < 4.78 is 43.4. The molecule has 0 fully saturated rings. The van der Waals surface area contributed by atoms with Gasteiger partial charge in [0.2, 0.25) is 5.91 Å². The summed E-state index contributed by atoms with van der Waals surface area (Å²) >= 11 is 2.31. The summed E-state index contributed by atoms with van der Waals surface area (Å²) in [6, 6.07) is 5.16. The molecule has 1 N–H and O–H groups in total. The smallest absolute Gasteiger partial charge is 0.341 e. The van der Waals surface area contributed by atoms with E-state index in [1.165, 1.54) is 15.9 Å². The van der Waals surface area contributed by atoms with Gasteiger partial charge in [-0.15, -0.1) is 11.3 Å². The number of aromatic nitrogens is 1. The maximum atomic E-state index is 12.8. The van der Waals surface area contributed by atoms with E-state index in [1.807, 2.05) is 6.92 Å². The van der Waals surface area contributed by atoms with E-state index in [0.29, 0.717) is 29.0 Å². The van der Waals surface area contributed by atoms with Crippen molar-refractivity contribution in [2.45, 2.75) is 46.6 Å². The van der Waals surface area contributed by atoms with Gasteiger partial charge in [0.1, 0.15) is 28.8 Å². The topological polar surface area (TPSA) is 159 Å². The van der Waals surface area contributed by atoms with Crippen molar-refractivity contribution in [1.82, 2.24) is 4.57 Å². The molecule has 0 spiro atoms. The van der Waals surface area contributed by atoms with Crippen LogP contribution in [0.1, 0.15) is 48.0 Å². The van der Waals surface area contributed by atoms with Gasteiger partial charge in [0.15, 0.2) is 14.6 Å². The Morgan fingerprint density at radius 2 is 1.76 bits per heavy atom. The number of sulfone groups is 1. The zero-order chi connectivity index (χ0) is 30.4. The van der Waals surface area contributed by atoms with E-state index in [0.717, 1.165) is 34.6 Å². The average Bonchev–Trinajstić information content (AvgIpc) is 3.57. The van der Waals surface area contributed by atoms with Crippen molar-refractivity contribution < 1.29 is 41.8 Å². The summed E-state index contributed by atoms with van der Waals surface area (Å²) in [6.45, 7) is 5.71. The van der Waals surface area contributed by atoms with Gasteiger partial charge in [-0.1, -0.05) is 11.3 Å². The van der Waals surface area contributed by atoms with E-state index in [9.17, 15) is 27.6 Å². The number of carbonyl (C=O) groups excluding carboxylic acids is 4. The number of rotatable bonds is 12. The molecule has 1 aromatic carbocycles. The number of esters is 2. The first-order valence-electron chi connectivity index (χ1n) is 13.4. The van der Waals surface area contributed by atoms with Crippen LogP contribution >= 0.6 is 22.7 Å². The number of aryl methyl sites for hydroxylation is 1. The molecule has 1 aliphatic carbocycles. The molecule has 0 atom stereocenters. The highest BCUT2D eigenvalue weighted by Gasteiger charge is 2.29. The van der Waals surface area contributed by atoms with Crippen LogP contribution in [0.2, 0.25) is 0 Å². The van der Waals surface area contributed by atoms with Crippen LogP contribution in [0.3, 0.4) is 0 Å². The minimum atomic E-state index is -4.23. The van der Waals surface area contributed by atoms with Gasteiger partial charge in [-0.25, -0.2) is 13.2 Å². The predicted molar refractivity (Wildman–Crippen MR) is 158 cm³/mol. The second-order valence-corrected chi connectivity index (χ2v) is 13.4. The lowest BCUT2D eigenvalue weighted by Crippen LogP contribution is -2.29. The second-order valence-electron chi connectivity index (χ2n) is 9.21. The second kappa shape index (κ2) is 13.6. The Hall–Kier alpha value is -3.56. The van der Waals surface area contributed by atoms with E-state index in [1.54, 1.807) is 32.0 Å². The number of thiophene rings is 1. The van der Waals surface area contributed by atoms with Crippen LogP contribution in [0.25, 0.3) is 10.2 Å². The molecular formula is C27H31N3O9S3.